The Bertz CT molecular complexity index is 501. The summed E-state index contributed by atoms with van der Waals surface area (Å²) < 4.78 is 31.2. The number of nitrogens with zero attached hydrogens (tertiary/aromatic N) is 1. The first-order valence-corrected chi connectivity index (χ1v) is 7.75. The second-order valence-corrected chi connectivity index (χ2v) is 6.59. The maximum Gasteiger partial charge on any atom is 0.243 e. The van der Waals surface area contributed by atoms with Crippen LogP contribution in [0.25, 0.3) is 0 Å². The number of hydrogen-bond donors (Lipinski definition) is 0. The highest BCUT2D eigenvalue weighted by Crippen LogP contribution is 2.25. The van der Waals surface area contributed by atoms with E-state index in [-0.39, 0.29) is 5.92 Å². The first-order valence-electron chi connectivity index (χ1n) is 5.78. The van der Waals surface area contributed by atoms with Crippen molar-refractivity contribution in [2.75, 3.05) is 26.1 Å². The zero-order valence-electron chi connectivity index (χ0n) is 10.2. The van der Waals surface area contributed by atoms with Crippen molar-refractivity contribution in [3.8, 4) is 5.75 Å². The van der Waals surface area contributed by atoms with E-state index in [1.807, 2.05) is 0 Å². The Labute approximate surface area is 113 Å². The Kier molecular flexibility index (Phi) is 4.14. The summed E-state index contributed by atoms with van der Waals surface area (Å²) in [6, 6.07) is 6.45. The van der Waals surface area contributed by atoms with Crippen LogP contribution in [0.5, 0.6) is 5.75 Å². The molecule has 2 rings (SSSR count). The van der Waals surface area contributed by atoms with Crippen molar-refractivity contribution in [1.82, 2.24) is 4.31 Å². The predicted molar refractivity (Wildman–Crippen MR) is 70.6 cm³/mol. The predicted octanol–water partition coefficient (Wildman–Crippen LogP) is 1.94. The second kappa shape index (κ2) is 5.47. The fraction of sp³-hybridized carbons (Fsp3) is 0.500. The first-order chi connectivity index (χ1) is 8.57. The summed E-state index contributed by atoms with van der Waals surface area (Å²) in [5.41, 5.74) is 0. The zero-order chi connectivity index (χ0) is 13.2. The smallest absolute Gasteiger partial charge is 0.243 e. The van der Waals surface area contributed by atoms with Gasteiger partial charge in [-0.2, -0.15) is 4.31 Å². The van der Waals surface area contributed by atoms with Crippen molar-refractivity contribution in [1.29, 1.82) is 0 Å². The lowest BCUT2D eigenvalue weighted by atomic mass is 10.2. The minimum absolute atomic E-state index is 0.264. The average Bonchev–Trinajstić information content (AvgIpc) is 2.88. The number of sulfonamides is 1. The van der Waals surface area contributed by atoms with Crippen LogP contribution >= 0.6 is 11.6 Å². The molecule has 4 nitrogen and oxygen atoms in total. The molecular weight excluding hydrogens is 274 g/mol. The van der Waals surface area contributed by atoms with Crippen LogP contribution in [0.15, 0.2) is 29.2 Å². The summed E-state index contributed by atoms with van der Waals surface area (Å²) in [7, 11) is -1.84. The van der Waals surface area contributed by atoms with E-state index in [2.05, 4.69) is 0 Å². The Morgan fingerprint density at radius 1 is 1.39 bits per heavy atom. The monoisotopic (exact) mass is 289 g/mol. The molecule has 1 unspecified atom stereocenters. The largest absolute Gasteiger partial charge is 0.497 e. The van der Waals surface area contributed by atoms with Gasteiger partial charge in [0.25, 0.3) is 0 Å². The molecule has 1 aromatic carbocycles. The number of benzene rings is 1. The van der Waals surface area contributed by atoms with E-state index in [0.29, 0.717) is 29.6 Å². The highest BCUT2D eigenvalue weighted by atomic mass is 35.5. The fourth-order valence-electron chi connectivity index (χ4n) is 2.04. The molecule has 0 radical (unpaired) electrons. The van der Waals surface area contributed by atoms with Crippen LogP contribution in [0.4, 0.5) is 0 Å². The fourth-order valence-corrected chi connectivity index (χ4v) is 3.82. The maximum atomic E-state index is 12.3. The molecule has 1 aliphatic rings. The van der Waals surface area contributed by atoms with Crippen molar-refractivity contribution in [3.05, 3.63) is 24.3 Å². The molecule has 0 aromatic heterocycles. The molecule has 0 amide bonds. The summed E-state index contributed by atoms with van der Waals surface area (Å²) in [4.78, 5) is 0.304. The molecule has 1 aliphatic heterocycles. The molecule has 1 aromatic rings. The summed E-state index contributed by atoms with van der Waals surface area (Å²) in [5, 5.41) is 0. The molecule has 0 aliphatic carbocycles. The van der Waals surface area contributed by atoms with E-state index in [1.54, 1.807) is 31.4 Å². The topological polar surface area (TPSA) is 46.6 Å². The van der Waals surface area contributed by atoms with E-state index < -0.39 is 10.0 Å². The Balaban J connectivity index is 2.20. The van der Waals surface area contributed by atoms with Crippen molar-refractivity contribution >= 4 is 21.6 Å². The van der Waals surface area contributed by atoms with Gasteiger partial charge in [-0.25, -0.2) is 8.42 Å². The average molecular weight is 290 g/mol. The van der Waals surface area contributed by atoms with Crippen LogP contribution in [0.1, 0.15) is 6.42 Å². The molecule has 1 fully saturated rings. The van der Waals surface area contributed by atoms with Gasteiger partial charge in [0, 0.05) is 19.0 Å². The molecule has 18 heavy (non-hydrogen) atoms. The molecule has 6 heteroatoms. The molecule has 1 heterocycles. The zero-order valence-corrected chi connectivity index (χ0v) is 11.7. The molecular formula is C12H16ClNO3S. The van der Waals surface area contributed by atoms with E-state index in [9.17, 15) is 8.42 Å². The Morgan fingerprint density at radius 2 is 2.06 bits per heavy atom. The molecule has 100 valence electrons. The Morgan fingerprint density at radius 3 is 2.56 bits per heavy atom. The minimum atomic E-state index is -3.39. The first kappa shape index (κ1) is 13.6. The highest BCUT2D eigenvalue weighted by Gasteiger charge is 2.31. The standard InChI is InChI=1S/C12H16ClNO3S/c1-17-11-2-4-12(5-3-11)18(15,16)14-7-6-10(8-13)9-14/h2-5,10H,6-9H2,1H3. The third-order valence-corrected chi connectivity index (χ3v) is 5.48. The van der Waals surface area contributed by atoms with E-state index >= 15 is 0 Å². The number of hydrogen-bond acceptors (Lipinski definition) is 3. The lowest BCUT2D eigenvalue weighted by Gasteiger charge is -2.16. The van der Waals surface area contributed by atoms with Gasteiger partial charge in [-0.15, -0.1) is 11.6 Å². The van der Waals surface area contributed by atoms with Gasteiger partial charge in [0.1, 0.15) is 5.75 Å². The quantitative estimate of drug-likeness (QED) is 0.796. The summed E-state index contributed by atoms with van der Waals surface area (Å²) in [6.07, 6.45) is 0.832. The van der Waals surface area contributed by atoms with E-state index in [1.165, 1.54) is 4.31 Å². The molecule has 0 saturated carbocycles. The van der Waals surface area contributed by atoms with Crippen LogP contribution < -0.4 is 4.74 Å². The summed E-state index contributed by atoms with van der Waals surface area (Å²) in [6.45, 7) is 1.06. The maximum absolute atomic E-state index is 12.3. The van der Waals surface area contributed by atoms with Gasteiger partial charge in [-0.3, -0.25) is 0 Å². The van der Waals surface area contributed by atoms with Crippen LogP contribution in [0, 0.1) is 5.92 Å². The molecule has 0 N–H and O–H groups in total. The third-order valence-electron chi connectivity index (χ3n) is 3.16. The van der Waals surface area contributed by atoms with Crippen molar-refractivity contribution in [3.63, 3.8) is 0 Å². The summed E-state index contributed by atoms with van der Waals surface area (Å²) in [5.74, 6) is 1.42. The van der Waals surface area contributed by atoms with Gasteiger partial charge in [0.15, 0.2) is 0 Å². The Hall–Kier alpha value is -0.780. The van der Waals surface area contributed by atoms with Gasteiger partial charge in [0.2, 0.25) is 10.0 Å². The van der Waals surface area contributed by atoms with Gasteiger partial charge in [0.05, 0.1) is 12.0 Å². The van der Waals surface area contributed by atoms with Crippen LogP contribution in [-0.2, 0) is 10.0 Å². The molecule has 1 saturated heterocycles. The number of methoxy groups -OCH3 is 1. The van der Waals surface area contributed by atoms with Gasteiger partial charge in [-0.1, -0.05) is 0 Å². The minimum Gasteiger partial charge on any atom is -0.497 e. The second-order valence-electron chi connectivity index (χ2n) is 4.35. The van der Waals surface area contributed by atoms with Crippen LogP contribution in [-0.4, -0.2) is 38.8 Å². The molecule has 1 atom stereocenters. The summed E-state index contributed by atoms with van der Waals surface area (Å²) >= 11 is 5.77. The SMILES string of the molecule is COc1ccc(S(=O)(=O)N2CCC(CCl)C2)cc1. The molecule has 0 spiro atoms. The molecule has 0 bridgehead atoms. The van der Waals surface area contributed by atoms with Crippen LogP contribution in [0.3, 0.4) is 0 Å². The van der Waals surface area contributed by atoms with Gasteiger partial charge < -0.3 is 4.74 Å². The lowest BCUT2D eigenvalue weighted by Crippen LogP contribution is -2.29. The van der Waals surface area contributed by atoms with Gasteiger partial charge >= 0.3 is 0 Å². The van der Waals surface area contributed by atoms with E-state index in [0.717, 1.165) is 6.42 Å². The highest BCUT2D eigenvalue weighted by molar-refractivity contribution is 7.89. The lowest BCUT2D eigenvalue weighted by molar-refractivity contribution is 0.414. The van der Waals surface area contributed by atoms with E-state index in [4.69, 9.17) is 16.3 Å². The number of rotatable bonds is 4. The van der Waals surface area contributed by atoms with Crippen molar-refractivity contribution in [2.45, 2.75) is 11.3 Å². The van der Waals surface area contributed by atoms with Gasteiger partial charge in [-0.05, 0) is 36.6 Å². The van der Waals surface area contributed by atoms with Crippen molar-refractivity contribution < 1.29 is 13.2 Å². The van der Waals surface area contributed by atoms with Crippen molar-refractivity contribution in [2.24, 2.45) is 5.92 Å². The normalized spacial score (nSPS) is 21.1. The third kappa shape index (κ3) is 2.63. The van der Waals surface area contributed by atoms with Crippen LogP contribution in [0.2, 0.25) is 0 Å². The number of ether oxygens (including phenoxy) is 1. The number of halogens is 1. The number of alkyl halides is 1.